The van der Waals surface area contributed by atoms with Crippen molar-refractivity contribution in [3.8, 4) is 0 Å². The van der Waals surface area contributed by atoms with Crippen molar-refractivity contribution >= 4 is 18.3 Å². The molecule has 0 saturated carbocycles. The molecule has 0 bridgehead atoms. The Hall–Kier alpha value is -0.540. The van der Waals surface area contributed by atoms with E-state index in [1.165, 1.54) is 12.0 Å². The molecule has 0 fully saturated rings. The summed E-state index contributed by atoms with van der Waals surface area (Å²) in [6.45, 7) is 6.99. The first kappa shape index (κ1) is 17.5. The zero-order valence-corrected chi connectivity index (χ0v) is 12.4. The van der Waals surface area contributed by atoms with Gasteiger partial charge in [0.2, 0.25) is 5.91 Å². The number of hydrogen-bond acceptors (Lipinski definition) is 2. The van der Waals surface area contributed by atoms with Crippen LogP contribution >= 0.6 is 12.4 Å². The van der Waals surface area contributed by atoms with Gasteiger partial charge in [-0.25, -0.2) is 0 Å². The van der Waals surface area contributed by atoms with Crippen molar-refractivity contribution in [3.05, 3.63) is 11.6 Å². The molecule has 2 N–H and O–H groups in total. The number of carbonyl (C=O) groups excluding carboxylic acids is 1. The van der Waals surface area contributed by atoms with Crippen LogP contribution in [0.2, 0.25) is 0 Å². The van der Waals surface area contributed by atoms with Crippen LogP contribution in [0.1, 0.15) is 46.0 Å². The minimum atomic E-state index is 0. The SMILES string of the molecule is CCCCC(CC)C(=O)NCC1=CCNCC1.Cl. The molecule has 106 valence electrons. The van der Waals surface area contributed by atoms with E-state index in [-0.39, 0.29) is 24.2 Å². The van der Waals surface area contributed by atoms with E-state index in [0.717, 1.165) is 45.3 Å². The van der Waals surface area contributed by atoms with Gasteiger partial charge in [0.1, 0.15) is 0 Å². The van der Waals surface area contributed by atoms with Crippen molar-refractivity contribution in [2.24, 2.45) is 5.92 Å². The molecule has 1 atom stereocenters. The van der Waals surface area contributed by atoms with Crippen LogP contribution < -0.4 is 10.6 Å². The van der Waals surface area contributed by atoms with E-state index in [1.807, 2.05) is 0 Å². The average Bonchev–Trinajstić information content (AvgIpc) is 2.38. The first-order valence-electron chi connectivity index (χ1n) is 6.94. The van der Waals surface area contributed by atoms with Gasteiger partial charge in [0.25, 0.3) is 0 Å². The van der Waals surface area contributed by atoms with Crippen molar-refractivity contribution in [1.82, 2.24) is 10.6 Å². The second-order valence-corrected chi connectivity index (χ2v) is 4.78. The number of halogens is 1. The second kappa shape index (κ2) is 10.4. The largest absolute Gasteiger partial charge is 0.352 e. The number of amides is 1. The lowest BCUT2D eigenvalue weighted by atomic mass is 9.98. The van der Waals surface area contributed by atoms with Crippen LogP contribution in [0, 0.1) is 5.92 Å². The van der Waals surface area contributed by atoms with Gasteiger partial charge in [0.15, 0.2) is 0 Å². The van der Waals surface area contributed by atoms with E-state index in [4.69, 9.17) is 0 Å². The first-order valence-corrected chi connectivity index (χ1v) is 6.94. The van der Waals surface area contributed by atoms with Crippen LogP contribution in [0.3, 0.4) is 0 Å². The molecule has 0 aliphatic carbocycles. The Bertz CT molecular complexity index is 267. The van der Waals surface area contributed by atoms with E-state index >= 15 is 0 Å². The third-order valence-electron chi connectivity index (χ3n) is 3.42. The lowest BCUT2D eigenvalue weighted by Crippen LogP contribution is -2.33. The van der Waals surface area contributed by atoms with Crippen LogP contribution in [0.4, 0.5) is 0 Å². The fourth-order valence-corrected chi connectivity index (χ4v) is 2.15. The molecule has 1 aliphatic rings. The van der Waals surface area contributed by atoms with E-state index in [0.29, 0.717) is 0 Å². The fraction of sp³-hybridized carbons (Fsp3) is 0.786. The molecule has 0 saturated heterocycles. The van der Waals surface area contributed by atoms with E-state index < -0.39 is 0 Å². The molecule has 0 radical (unpaired) electrons. The Morgan fingerprint density at radius 1 is 1.50 bits per heavy atom. The molecule has 1 unspecified atom stereocenters. The number of rotatable bonds is 7. The highest BCUT2D eigenvalue weighted by Crippen LogP contribution is 2.13. The third-order valence-corrected chi connectivity index (χ3v) is 3.42. The standard InChI is InChI=1S/C14H26N2O.ClH/c1-3-5-6-13(4-2)14(17)16-11-12-7-9-15-10-8-12;/h7,13,15H,3-6,8-11H2,1-2H3,(H,16,17);1H. The van der Waals surface area contributed by atoms with Gasteiger partial charge in [0, 0.05) is 19.0 Å². The van der Waals surface area contributed by atoms with Crippen molar-refractivity contribution in [2.75, 3.05) is 19.6 Å². The summed E-state index contributed by atoms with van der Waals surface area (Å²) in [5.41, 5.74) is 1.36. The number of unbranched alkanes of at least 4 members (excludes halogenated alkanes) is 1. The quantitative estimate of drug-likeness (QED) is 0.701. The molecular weight excluding hydrogens is 248 g/mol. The molecular formula is C14H27ClN2O. The van der Waals surface area contributed by atoms with Crippen LogP contribution in [-0.2, 0) is 4.79 Å². The lowest BCUT2D eigenvalue weighted by molar-refractivity contribution is -0.125. The number of hydrogen-bond donors (Lipinski definition) is 2. The Morgan fingerprint density at radius 3 is 2.83 bits per heavy atom. The van der Waals surface area contributed by atoms with Gasteiger partial charge in [-0.05, 0) is 25.8 Å². The maximum Gasteiger partial charge on any atom is 0.223 e. The van der Waals surface area contributed by atoms with Gasteiger partial charge >= 0.3 is 0 Å². The van der Waals surface area contributed by atoms with Gasteiger partial charge in [-0.1, -0.05) is 38.3 Å². The predicted molar refractivity (Wildman–Crippen MR) is 79.1 cm³/mol. The predicted octanol–water partition coefficient (Wildman–Crippen LogP) is 2.66. The minimum Gasteiger partial charge on any atom is -0.352 e. The molecule has 1 amide bonds. The normalized spacial score (nSPS) is 16.4. The first-order chi connectivity index (χ1) is 8.27. The zero-order valence-electron chi connectivity index (χ0n) is 11.6. The molecule has 1 heterocycles. The molecule has 4 heteroatoms. The fourth-order valence-electron chi connectivity index (χ4n) is 2.15. The van der Waals surface area contributed by atoms with Gasteiger partial charge in [-0.2, -0.15) is 0 Å². The smallest absolute Gasteiger partial charge is 0.223 e. The van der Waals surface area contributed by atoms with Gasteiger partial charge in [0.05, 0.1) is 0 Å². The zero-order chi connectivity index (χ0) is 12.5. The molecule has 3 nitrogen and oxygen atoms in total. The summed E-state index contributed by atoms with van der Waals surface area (Å²) in [5, 5.41) is 6.35. The molecule has 0 aromatic rings. The monoisotopic (exact) mass is 274 g/mol. The summed E-state index contributed by atoms with van der Waals surface area (Å²) >= 11 is 0. The molecule has 0 aromatic heterocycles. The Morgan fingerprint density at radius 2 is 2.28 bits per heavy atom. The summed E-state index contributed by atoms with van der Waals surface area (Å²) in [6.07, 6.45) is 7.55. The van der Waals surface area contributed by atoms with Crippen molar-refractivity contribution < 1.29 is 4.79 Å². The highest BCUT2D eigenvalue weighted by atomic mass is 35.5. The van der Waals surface area contributed by atoms with Gasteiger partial charge < -0.3 is 10.6 Å². The summed E-state index contributed by atoms with van der Waals surface area (Å²) in [6, 6.07) is 0. The van der Waals surface area contributed by atoms with Crippen molar-refractivity contribution in [3.63, 3.8) is 0 Å². The molecule has 1 aliphatic heterocycles. The Kier molecular flexibility index (Phi) is 10.1. The van der Waals surface area contributed by atoms with E-state index in [1.54, 1.807) is 0 Å². The highest BCUT2D eigenvalue weighted by Gasteiger charge is 2.15. The highest BCUT2D eigenvalue weighted by molar-refractivity contribution is 5.85. The molecule has 18 heavy (non-hydrogen) atoms. The molecule has 0 spiro atoms. The number of carbonyl (C=O) groups is 1. The van der Waals surface area contributed by atoms with Gasteiger partial charge in [-0.15, -0.1) is 12.4 Å². The number of nitrogens with one attached hydrogen (secondary N) is 2. The minimum absolute atomic E-state index is 0. The van der Waals surface area contributed by atoms with E-state index in [9.17, 15) is 4.79 Å². The maximum absolute atomic E-state index is 12.0. The summed E-state index contributed by atoms with van der Waals surface area (Å²) in [7, 11) is 0. The van der Waals surface area contributed by atoms with Crippen LogP contribution in [0.5, 0.6) is 0 Å². The third kappa shape index (κ3) is 6.41. The maximum atomic E-state index is 12.0. The van der Waals surface area contributed by atoms with Crippen LogP contribution in [0.15, 0.2) is 11.6 Å². The van der Waals surface area contributed by atoms with Crippen LogP contribution in [-0.4, -0.2) is 25.5 Å². The lowest BCUT2D eigenvalue weighted by Gasteiger charge is -2.18. The summed E-state index contributed by atoms with van der Waals surface area (Å²) < 4.78 is 0. The van der Waals surface area contributed by atoms with Gasteiger partial charge in [-0.3, -0.25) is 4.79 Å². The second-order valence-electron chi connectivity index (χ2n) is 4.78. The Balaban J connectivity index is 0.00000289. The molecule has 1 rings (SSSR count). The van der Waals surface area contributed by atoms with E-state index in [2.05, 4.69) is 30.6 Å². The Labute approximate surface area is 117 Å². The summed E-state index contributed by atoms with van der Waals surface area (Å²) in [4.78, 5) is 12.0. The topological polar surface area (TPSA) is 41.1 Å². The van der Waals surface area contributed by atoms with Crippen molar-refractivity contribution in [1.29, 1.82) is 0 Å². The summed E-state index contributed by atoms with van der Waals surface area (Å²) in [5.74, 6) is 0.442. The molecule has 0 aromatic carbocycles. The van der Waals surface area contributed by atoms with Crippen molar-refractivity contribution in [2.45, 2.75) is 46.0 Å². The average molecular weight is 275 g/mol. The van der Waals surface area contributed by atoms with Crippen LogP contribution in [0.25, 0.3) is 0 Å².